The highest BCUT2D eigenvalue weighted by Gasteiger charge is 2.29. The van der Waals surface area contributed by atoms with Crippen LogP contribution < -0.4 is 0 Å². The third-order valence-corrected chi connectivity index (χ3v) is 3.81. The van der Waals surface area contributed by atoms with E-state index in [1.807, 2.05) is 12.2 Å². The molecule has 1 atom stereocenters. The summed E-state index contributed by atoms with van der Waals surface area (Å²) in [4.78, 5) is 11.7. The minimum atomic E-state index is -0.245. The number of hydrogen-bond donors (Lipinski definition) is 0. The van der Waals surface area contributed by atoms with Gasteiger partial charge in [-0.1, -0.05) is 12.5 Å². The third kappa shape index (κ3) is 2.22. The van der Waals surface area contributed by atoms with E-state index in [0.717, 1.165) is 18.6 Å². The lowest BCUT2D eigenvalue weighted by molar-refractivity contribution is -0.136. The first-order chi connectivity index (χ1) is 8.69. The molecule has 0 spiro atoms. The van der Waals surface area contributed by atoms with E-state index in [1.54, 1.807) is 7.11 Å². The predicted molar refractivity (Wildman–Crippen MR) is 69.8 cm³/mol. The zero-order valence-corrected chi connectivity index (χ0v) is 11.3. The Morgan fingerprint density at radius 1 is 1.22 bits per heavy atom. The maximum atomic E-state index is 11.7. The molecular formula is C15H20O3. The van der Waals surface area contributed by atoms with Gasteiger partial charge in [-0.15, -0.1) is 0 Å². The van der Waals surface area contributed by atoms with Gasteiger partial charge < -0.3 is 9.47 Å². The van der Waals surface area contributed by atoms with E-state index in [2.05, 4.69) is 6.92 Å². The molecule has 1 unspecified atom stereocenters. The van der Waals surface area contributed by atoms with Gasteiger partial charge in [-0.3, -0.25) is 0 Å². The van der Waals surface area contributed by atoms with Crippen LogP contribution in [0.1, 0.15) is 32.6 Å². The number of hydrogen-bond acceptors (Lipinski definition) is 3. The molecular weight excluding hydrogens is 228 g/mol. The molecule has 98 valence electrons. The molecule has 0 N–H and O–H groups in total. The lowest BCUT2D eigenvalue weighted by Gasteiger charge is -2.25. The van der Waals surface area contributed by atoms with Crippen molar-refractivity contribution in [2.75, 3.05) is 14.2 Å². The van der Waals surface area contributed by atoms with Crippen LogP contribution in [0.4, 0.5) is 0 Å². The van der Waals surface area contributed by atoms with E-state index in [0.29, 0.717) is 5.57 Å². The van der Waals surface area contributed by atoms with Crippen LogP contribution in [-0.2, 0) is 14.3 Å². The summed E-state index contributed by atoms with van der Waals surface area (Å²) in [5, 5.41) is 0. The highest BCUT2D eigenvalue weighted by atomic mass is 16.5. The molecule has 2 aliphatic carbocycles. The van der Waals surface area contributed by atoms with Gasteiger partial charge in [0.05, 0.1) is 14.2 Å². The number of allylic oxidation sites excluding steroid dienone is 4. The molecule has 3 nitrogen and oxygen atoms in total. The molecule has 0 saturated heterocycles. The van der Waals surface area contributed by atoms with E-state index in [9.17, 15) is 4.79 Å². The van der Waals surface area contributed by atoms with E-state index >= 15 is 0 Å². The van der Waals surface area contributed by atoms with Crippen molar-refractivity contribution in [2.45, 2.75) is 32.6 Å². The van der Waals surface area contributed by atoms with Crippen molar-refractivity contribution in [3.8, 4) is 0 Å². The van der Waals surface area contributed by atoms with Crippen LogP contribution in [0.15, 0.2) is 34.6 Å². The zero-order valence-electron chi connectivity index (χ0n) is 11.3. The summed E-state index contributed by atoms with van der Waals surface area (Å²) in [5.74, 6) is 0.711. The predicted octanol–water partition coefficient (Wildman–Crippen LogP) is 3.14. The topological polar surface area (TPSA) is 35.5 Å². The molecule has 3 heteroatoms. The molecule has 0 radical (unpaired) electrons. The van der Waals surface area contributed by atoms with Gasteiger partial charge in [-0.2, -0.15) is 0 Å². The Labute approximate surface area is 108 Å². The van der Waals surface area contributed by atoms with E-state index in [-0.39, 0.29) is 11.9 Å². The fourth-order valence-electron chi connectivity index (χ4n) is 2.86. The van der Waals surface area contributed by atoms with Crippen LogP contribution >= 0.6 is 0 Å². The standard InChI is InChI=1S/C15H20O3/c1-10-12(15(16)18-3)8-9-13(17-2)14(10)11-6-4-5-7-11/h8-10H,4-7H2,1-3H3. The molecule has 0 bridgehead atoms. The number of methoxy groups -OCH3 is 2. The van der Waals surface area contributed by atoms with Crippen molar-refractivity contribution in [1.29, 1.82) is 0 Å². The van der Waals surface area contributed by atoms with E-state index < -0.39 is 0 Å². The summed E-state index contributed by atoms with van der Waals surface area (Å²) < 4.78 is 10.3. The maximum Gasteiger partial charge on any atom is 0.334 e. The summed E-state index contributed by atoms with van der Waals surface area (Å²) in [5.41, 5.74) is 3.34. The lowest BCUT2D eigenvalue weighted by atomic mass is 9.83. The average molecular weight is 248 g/mol. The second-order valence-electron chi connectivity index (χ2n) is 4.79. The summed E-state index contributed by atoms with van der Waals surface area (Å²) in [6.45, 7) is 2.05. The monoisotopic (exact) mass is 248 g/mol. The average Bonchev–Trinajstić information content (AvgIpc) is 2.90. The minimum Gasteiger partial charge on any atom is -0.496 e. The van der Waals surface area contributed by atoms with Crippen LogP contribution in [-0.4, -0.2) is 20.2 Å². The minimum absolute atomic E-state index is 0.0606. The Morgan fingerprint density at radius 2 is 1.89 bits per heavy atom. The number of ether oxygens (including phenoxy) is 2. The molecule has 0 aromatic rings. The van der Waals surface area contributed by atoms with Crippen LogP contribution in [0.2, 0.25) is 0 Å². The Bertz CT molecular complexity index is 433. The van der Waals surface area contributed by atoms with Gasteiger partial charge in [-0.05, 0) is 37.8 Å². The largest absolute Gasteiger partial charge is 0.496 e. The lowest BCUT2D eigenvalue weighted by Crippen LogP contribution is -2.19. The fourth-order valence-corrected chi connectivity index (χ4v) is 2.86. The molecule has 1 fully saturated rings. The summed E-state index contributed by atoms with van der Waals surface area (Å²) in [6.07, 6.45) is 8.41. The molecule has 0 amide bonds. The van der Waals surface area contributed by atoms with Gasteiger partial charge in [-0.25, -0.2) is 4.79 Å². The van der Waals surface area contributed by atoms with E-state index in [4.69, 9.17) is 9.47 Å². The molecule has 18 heavy (non-hydrogen) atoms. The third-order valence-electron chi connectivity index (χ3n) is 3.81. The second kappa shape index (κ2) is 5.42. The van der Waals surface area contributed by atoms with Gasteiger partial charge in [0, 0.05) is 17.1 Å². The van der Waals surface area contributed by atoms with Gasteiger partial charge in [0.2, 0.25) is 0 Å². The molecule has 2 aliphatic rings. The van der Waals surface area contributed by atoms with Crippen LogP contribution in [0, 0.1) is 5.92 Å². The molecule has 0 aliphatic heterocycles. The van der Waals surface area contributed by atoms with Crippen molar-refractivity contribution in [1.82, 2.24) is 0 Å². The molecule has 0 aromatic heterocycles. The van der Waals surface area contributed by atoms with Gasteiger partial charge >= 0.3 is 5.97 Å². The van der Waals surface area contributed by atoms with Crippen molar-refractivity contribution < 1.29 is 14.3 Å². The Morgan fingerprint density at radius 3 is 2.44 bits per heavy atom. The Kier molecular flexibility index (Phi) is 3.90. The quantitative estimate of drug-likeness (QED) is 0.704. The molecule has 0 aromatic carbocycles. The van der Waals surface area contributed by atoms with Crippen LogP contribution in [0.5, 0.6) is 0 Å². The molecule has 1 saturated carbocycles. The number of esters is 1. The SMILES string of the molecule is COC(=O)C1=CC=C(OC)C(=C2CCCC2)C1C. The van der Waals surface area contributed by atoms with Crippen molar-refractivity contribution >= 4 is 5.97 Å². The van der Waals surface area contributed by atoms with E-state index in [1.165, 1.54) is 31.1 Å². The van der Waals surface area contributed by atoms with Gasteiger partial charge in [0.15, 0.2) is 0 Å². The fraction of sp³-hybridized carbons (Fsp3) is 0.533. The number of carbonyl (C=O) groups excluding carboxylic acids is 1. The number of rotatable bonds is 2. The molecule has 2 rings (SSSR count). The zero-order chi connectivity index (χ0) is 13.1. The first kappa shape index (κ1) is 12.9. The Balaban J connectivity index is 2.41. The van der Waals surface area contributed by atoms with Crippen molar-refractivity contribution in [3.05, 3.63) is 34.6 Å². The first-order valence-electron chi connectivity index (χ1n) is 6.45. The first-order valence-corrected chi connectivity index (χ1v) is 6.45. The van der Waals surface area contributed by atoms with Gasteiger partial charge in [0.25, 0.3) is 0 Å². The summed E-state index contributed by atoms with van der Waals surface area (Å²) >= 11 is 0. The van der Waals surface area contributed by atoms with Crippen LogP contribution in [0.3, 0.4) is 0 Å². The smallest absolute Gasteiger partial charge is 0.334 e. The number of carbonyl (C=O) groups is 1. The van der Waals surface area contributed by atoms with Crippen molar-refractivity contribution in [2.24, 2.45) is 5.92 Å². The molecule has 0 heterocycles. The Hall–Kier alpha value is -1.51. The summed E-state index contributed by atoms with van der Waals surface area (Å²) in [6, 6.07) is 0. The normalized spacial score (nSPS) is 23.6. The van der Waals surface area contributed by atoms with Crippen molar-refractivity contribution in [3.63, 3.8) is 0 Å². The highest BCUT2D eigenvalue weighted by Crippen LogP contribution is 2.39. The summed E-state index contributed by atoms with van der Waals surface area (Å²) in [7, 11) is 3.11. The maximum absolute atomic E-state index is 11.7. The second-order valence-corrected chi connectivity index (χ2v) is 4.79. The highest BCUT2D eigenvalue weighted by molar-refractivity contribution is 5.90. The van der Waals surface area contributed by atoms with Crippen LogP contribution in [0.25, 0.3) is 0 Å². The van der Waals surface area contributed by atoms with Gasteiger partial charge in [0.1, 0.15) is 5.76 Å².